The van der Waals surface area contributed by atoms with E-state index in [2.05, 4.69) is 4.72 Å². The third-order valence-electron chi connectivity index (χ3n) is 3.40. The highest BCUT2D eigenvalue weighted by Gasteiger charge is 2.37. The fourth-order valence-electron chi connectivity index (χ4n) is 2.34. The van der Waals surface area contributed by atoms with E-state index in [0.717, 1.165) is 12.8 Å². The number of sulfonamides is 1. The van der Waals surface area contributed by atoms with E-state index in [1.54, 1.807) is 12.1 Å². The summed E-state index contributed by atoms with van der Waals surface area (Å²) >= 11 is 0. The summed E-state index contributed by atoms with van der Waals surface area (Å²) in [7, 11) is -3.60. The first-order chi connectivity index (χ1) is 8.47. The topological polar surface area (TPSA) is 92.4 Å². The lowest BCUT2D eigenvalue weighted by atomic mass is 10.0. The van der Waals surface area contributed by atoms with Gasteiger partial charge in [-0.15, -0.1) is 0 Å². The number of nitrogen functional groups attached to an aromatic ring is 1. The van der Waals surface area contributed by atoms with Crippen molar-refractivity contribution in [3.05, 3.63) is 24.3 Å². The Kier molecular flexibility index (Phi) is 3.61. The minimum Gasteiger partial charge on any atom is -0.399 e. The van der Waals surface area contributed by atoms with Gasteiger partial charge in [0.25, 0.3) is 0 Å². The van der Waals surface area contributed by atoms with Gasteiger partial charge in [-0.25, -0.2) is 13.1 Å². The molecular formula is C12H18N2O3S. The lowest BCUT2D eigenvalue weighted by Gasteiger charge is -2.27. The number of aliphatic hydroxyl groups is 1. The van der Waals surface area contributed by atoms with E-state index in [1.807, 2.05) is 0 Å². The maximum atomic E-state index is 12.2. The third-order valence-corrected chi connectivity index (χ3v) is 5.00. The summed E-state index contributed by atoms with van der Waals surface area (Å²) in [6.45, 7) is -0.165. The second kappa shape index (κ2) is 4.87. The van der Waals surface area contributed by atoms with E-state index in [4.69, 9.17) is 5.73 Å². The Labute approximate surface area is 107 Å². The van der Waals surface area contributed by atoms with Gasteiger partial charge in [-0.1, -0.05) is 12.8 Å². The molecular weight excluding hydrogens is 252 g/mol. The predicted octanol–water partition coefficient (Wildman–Crippen LogP) is 0.852. The first-order valence-electron chi connectivity index (χ1n) is 5.98. The number of hydrogen-bond acceptors (Lipinski definition) is 4. The molecule has 5 nitrogen and oxygen atoms in total. The zero-order chi connectivity index (χ0) is 13.2. The number of nitrogens with one attached hydrogen (secondary N) is 1. The minimum absolute atomic E-state index is 0.165. The molecule has 18 heavy (non-hydrogen) atoms. The van der Waals surface area contributed by atoms with Gasteiger partial charge in [0.15, 0.2) is 0 Å². The fourth-order valence-corrected chi connectivity index (χ4v) is 3.79. The molecule has 0 aliphatic heterocycles. The third kappa shape index (κ3) is 2.66. The van der Waals surface area contributed by atoms with Crippen molar-refractivity contribution in [2.75, 3.05) is 12.3 Å². The highest BCUT2D eigenvalue weighted by Crippen LogP contribution is 2.30. The van der Waals surface area contributed by atoms with Crippen molar-refractivity contribution in [1.82, 2.24) is 4.72 Å². The maximum absolute atomic E-state index is 12.2. The van der Waals surface area contributed by atoms with Crippen LogP contribution >= 0.6 is 0 Å². The van der Waals surface area contributed by atoms with Crippen LogP contribution in [-0.2, 0) is 10.0 Å². The lowest BCUT2D eigenvalue weighted by molar-refractivity contribution is 0.185. The zero-order valence-electron chi connectivity index (χ0n) is 10.1. The smallest absolute Gasteiger partial charge is 0.241 e. The SMILES string of the molecule is Nc1ccc(S(=O)(=O)NC2(CO)CCCC2)cc1. The van der Waals surface area contributed by atoms with Gasteiger partial charge in [0.05, 0.1) is 17.0 Å². The first kappa shape index (κ1) is 13.3. The van der Waals surface area contributed by atoms with E-state index in [1.165, 1.54) is 12.1 Å². The molecule has 6 heteroatoms. The van der Waals surface area contributed by atoms with Gasteiger partial charge < -0.3 is 10.8 Å². The maximum Gasteiger partial charge on any atom is 0.241 e. The quantitative estimate of drug-likeness (QED) is 0.707. The van der Waals surface area contributed by atoms with E-state index in [-0.39, 0.29) is 11.5 Å². The predicted molar refractivity (Wildman–Crippen MR) is 69.5 cm³/mol. The number of anilines is 1. The van der Waals surface area contributed by atoms with Crippen molar-refractivity contribution in [2.45, 2.75) is 36.1 Å². The Morgan fingerprint density at radius 1 is 1.22 bits per heavy atom. The molecule has 0 bridgehead atoms. The van der Waals surface area contributed by atoms with Gasteiger partial charge in [-0.3, -0.25) is 0 Å². The van der Waals surface area contributed by atoms with Crippen LogP contribution in [0.15, 0.2) is 29.2 Å². The summed E-state index contributed by atoms with van der Waals surface area (Å²) in [6, 6.07) is 6.04. The Bertz CT molecular complexity index is 505. The Hall–Kier alpha value is -1.11. The molecule has 1 aliphatic rings. The molecule has 0 atom stereocenters. The van der Waals surface area contributed by atoms with E-state index in [0.29, 0.717) is 18.5 Å². The van der Waals surface area contributed by atoms with Gasteiger partial charge >= 0.3 is 0 Å². The zero-order valence-corrected chi connectivity index (χ0v) is 10.9. The summed E-state index contributed by atoms with van der Waals surface area (Å²) in [5.41, 5.74) is 5.36. The Morgan fingerprint density at radius 2 is 1.78 bits per heavy atom. The van der Waals surface area contributed by atoms with Gasteiger partial charge in [0.2, 0.25) is 10.0 Å². The molecule has 0 spiro atoms. The molecule has 1 aromatic carbocycles. The van der Waals surface area contributed by atoms with Crippen molar-refractivity contribution in [1.29, 1.82) is 0 Å². The van der Waals surface area contributed by atoms with Crippen LogP contribution in [-0.4, -0.2) is 25.7 Å². The van der Waals surface area contributed by atoms with Crippen molar-refractivity contribution >= 4 is 15.7 Å². The number of aliphatic hydroxyl groups excluding tert-OH is 1. The van der Waals surface area contributed by atoms with Crippen LogP contribution in [0, 0.1) is 0 Å². The highest BCUT2D eigenvalue weighted by atomic mass is 32.2. The summed E-state index contributed by atoms with van der Waals surface area (Å²) in [4.78, 5) is 0.177. The molecule has 0 unspecified atom stereocenters. The summed E-state index contributed by atoms with van der Waals surface area (Å²) < 4.78 is 27.0. The highest BCUT2D eigenvalue weighted by molar-refractivity contribution is 7.89. The molecule has 0 saturated heterocycles. The second-order valence-corrected chi connectivity index (χ2v) is 6.50. The van der Waals surface area contributed by atoms with Crippen LogP contribution in [0.3, 0.4) is 0 Å². The molecule has 1 saturated carbocycles. The lowest BCUT2D eigenvalue weighted by Crippen LogP contribution is -2.49. The molecule has 4 N–H and O–H groups in total. The normalized spacial score (nSPS) is 18.9. The number of rotatable bonds is 4. The van der Waals surface area contributed by atoms with Gasteiger partial charge in [-0.2, -0.15) is 0 Å². The average molecular weight is 270 g/mol. The molecule has 0 amide bonds. The number of benzene rings is 1. The Balaban J connectivity index is 2.24. The van der Waals surface area contributed by atoms with Crippen LogP contribution in [0.1, 0.15) is 25.7 Å². The monoisotopic (exact) mass is 270 g/mol. The standard InChI is InChI=1S/C12H18N2O3S/c13-10-3-5-11(6-4-10)18(16,17)14-12(9-15)7-1-2-8-12/h3-6,14-15H,1-2,7-9,13H2. The van der Waals surface area contributed by atoms with Crippen molar-refractivity contribution < 1.29 is 13.5 Å². The van der Waals surface area contributed by atoms with E-state index >= 15 is 0 Å². The van der Waals surface area contributed by atoms with Crippen LogP contribution < -0.4 is 10.5 Å². The van der Waals surface area contributed by atoms with Crippen LogP contribution in [0.2, 0.25) is 0 Å². The van der Waals surface area contributed by atoms with Crippen molar-refractivity contribution in [3.63, 3.8) is 0 Å². The molecule has 100 valence electrons. The molecule has 1 fully saturated rings. The largest absolute Gasteiger partial charge is 0.399 e. The first-order valence-corrected chi connectivity index (χ1v) is 7.46. The molecule has 2 rings (SSSR count). The van der Waals surface area contributed by atoms with Crippen LogP contribution in [0.25, 0.3) is 0 Å². The van der Waals surface area contributed by atoms with Crippen LogP contribution in [0.5, 0.6) is 0 Å². The average Bonchev–Trinajstić information content (AvgIpc) is 2.78. The fraction of sp³-hybridized carbons (Fsp3) is 0.500. The summed E-state index contributed by atoms with van der Waals surface area (Å²) in [5.74, 6) is 0. The van der Waals surface area contributed by atoms with E-state index in [9.17, 15) is 13.5 Å². The van der Waals surface area contributed by atoms with Gasteiger partial charge in [0, 0.05) is 5.69 Å². The molecule has 1 aliphatic carbocycles. The molecule has 0 aromatic heterocycles. The Morgan fingerprint density at radius 3 is 2.28 bits per heavy atom. The van der Waals surface area contributed by atoms with Gasteiger partial charge in [0.1, 0.15) is 0 Å². The van der Waals surface area contributed by atoms with E-state index < -0.39 is 15.6 Å². The summed E-state index contributed by atoms with van der Waals surface area (Å²) in [6.07, 6.45) is 3.23. The molecule has 0 heterocycles. The molecule has 1 aromatic rings. The minimum atomic E-state index is -3.60. The number of hydrogen-bond donors (Lipinski definition) is 3. The second-order valence-electron chi connectivity index (χ2n) is 4.82. The summed E-state index contributed by atoms with van der Waals surface area (Å²) in [5, 5.41) is 9.42. The van der Waals surface area contributed by atoms with Gasteiger partial charge in [-0.05, 0) is 37.1 Å². The van der Waals surface area contributed by atoms with Crippen molar-refractivity contribution in [3.8, 4) is 0 Å². The van der Waals surface area contributed by atoms with Crippen LogP contribution in [0.4, 0.5) is 5.69 Å². The van der Waals surface area contributed by atoms with Crippen molar-refractivity contribution in [2.24, 2.45) is 0 Å². The molecule has 0 radical (unpaired) electrons. The number of nitrogens with two attached hydrogens (primary N) is 1.